The van der Waals surface area contributed by atoms with Gasteiger partial charge in [0.2, 0.25) is 0 Å². The number of hydrazone groups is 1. The van der Waals surface area contributed by atoms with Crippen molar-refractivity contribution in [3.05, 3.63) is 90.4 Å². The zero-order valence-corrected chi connectivity index (χ0v) is 23.2. The molecule has 0 bridgehead atoms. The lowest BCUT2D eigenvalue weighted by Gasteiger charge is -2.12. The predicted octanol–water partition coefficient (Wildman–Crippen LogP) is 7.19. The quantitative estimate of drug-likeness (QED) is 0.196. The average Bonchev–Trinajstić information content (AvgIpc) is 3.55. The van der Waals surface area contributed by atoms with Gasteiger partial charge in [-0.3, -0.25) is 9.36 Å². The number of benzene rings is 3. The number of hydrogen-bond donors (Lipinski definition) is 0. The van der Waals surface area contributed by atoms with E-state index in [0.717, 1.165) is 22.2 Å². The summed E-state index contributed by atoms with van der Waals surface area (Å²) in [6.45, 7) is 4.19. The normalized spacial score (nSPS) is 15.2. The van der Waals surface area contributed by atoms with Crippen LogP contribution in [0.4, 0.5) is 18.9 Å². The molecule has 0 saturated carbocycles. The molecule has 3 aromatic carbocycles. The van der Waals surface area contributed by atoms with E-state index in [1.165, 1.54) is 47.3 Å². The van der Waals surface area contributed by atoms with Gasteiger partial charge in [0.15, 0.2) is 5.17 Å². The molecule has 0 radical (unpaired) electrons. The molecular weight excluding hydrogens is 565 g/mol. The largest absolute Gasteiger partial charge is 0.573 e. The topological polar surface area (TPSA) is 85.0 Å². The zero-order chi connectivity index (χ0) is 29.4. The van der Waals surface area contributed by atoms with Gasteiger partial charge in [0.05, 0.1) is 39.9 Å². The molecule has 1 aliphatic heterocycles. The van der Waals surface area contributed by atoms with Gasteiger partial charge >= 0.3 is 6.36 Å². The number of halogens is 3. The fourth-order valence-corrected chi connectivity index (χ4v) is 5.44. The molecule has 8 nitrogen and oxygen atoms in total. The summed E-state index contributed by atoms with van der Waals surface area (Å²) < 4.78 is 43.2. The van der Waals surface area contributed by atoms with Crippen LogP contribution in [0.5, 0.6) is 5.75 Å². The number of hydrogen-bond acceptors (Lipinski definition) is 7. The van der Waals surface area contributed by atoms with Gasteiger partial charge in [0, 0.05) is 11.1 Å². The molecule has 3 heterocycles. The van der Waals surface area contributed by atoms with Gasteiger partial charge in [-0.1, -0.05) is 43.8 Å². The van der Waals surface area contributed by atoms with Crippen LogP contribution in [0.15, 0.2) is 89.2 Å². The van der Waals surface area contributed by atoms with Crippen LogP contribution in [0.1, 0.15) is 31.0 Å². The Kier molecular flexibility index (Phi) is 7.15. The molecule has 0 aliphatic carbocycles. The van der Waals surface area contributed by atoms with Crippen LogP contribution >= 0.6 is 11.8 Å². The monoisotopic (exact) mass is 588 g/mol. The molecule has 6 rings (SSSR count). The Balaban J connectivity index is 1.26. The molecular formula is C30H23F3N6O2S. The summed E-state index contributed by atoms with van der Waals surface area (Å²) >= 11 is 1.34. The number of aliphatic imine (C=N–C) groups is 1. The van der Waals surface area contributed by atoms with Crippen molar-refractivity contribution in [2.24, 2.45) is 10.1 Å². The molecule has 212 valence electrons. The minimum Gasteiger partial charge on any atom is -0.406 e. The number of carbonyl (C=O) groups is 1. The molecule has 2 aromatic heterocycles. The number of carbonyl (C=O) groups excluding carboxylic acids is 1. The summed E-state index contributed by atoms with van der Waals surface area (Å²) in [6, 6.07) is 20.8. The van der Waals surface area contributed by atoms with Crippen molar-refractivity contribution in [2.45, 2.75) is 26.1 Å². The Morgan fingerprint density at radius 1 is 1.02 bits per heavy atom. The van der Waals surface area contributed by atoms with Gasteiger partial charge in [-0.2, -0.15) is 10.1 Å². The van der Waals surface area contributed by atoms with Crippen molar-refractivity contribution in [1.82, 2.24) is 19.5 Å². The Morgan fingerprint density at radius 2 is 1.81 bits per heavy atom. The first-order valence-electron chi connectivity index (χ1n) is 13.0. The fourth-order valence-electron chi connectivity index (χ4n) is 4.63. The third-order valence-electron chi connectivity index (χ3n) is 6.58. The van der Waals surface area contributed by atoms with Crippen LogP contribution in [0.25, 0.3) is 27.6 Å². The van der Waals surface area contributed by atoms with Crippen LogP contribution < -0.4 is 4.74 Å². The Hall–Kier alpha value is -4.71. The highest BCUT2D eigenvalue weighted by atomic mass is 32.2. The van der Waals surface area contributed by atoms with E-state index < -0.39 is 6.36 Å². The highest BCUT2D eigenvalue weighted by Crippen LogP contribution is 2.31. The summed E-state index contributed by atoms with van der Waals surface area (Å²) in [5.41, 5.74) is 5.19. The maximum atomic E-state index is 12.6. The molecule has 0 atom stereocenters. The van der Waals surface area contributed by atoms with E-state index in [0.29, 0.717) is 27.6 Å². The number of aromatic nitrogens is 3. The molecule has 0 unspecified atom stereocenters. The summed E-state index contributed by atoms with van der Waals surface area (Å²) in [4.78, 5) is 26.5. The highest BCUT2D eigenvalue weighted by molar-refractivity contribution is 8.15. The zero-order valence-electron chi connectivity index (χ0n) is 22.4. The van der Waals surface area contributed by atoms with Crippen LogP contribution in [0, 0.1) is 0 Å². The Bertz CT molecular complexity index is 1870. The number of rotatable bonds is 6. The number of fused-ring (bicyclic) bond motifs is 3. The van der Waals surface area contributed by atoms with Crippen LogP contribution in [-0.2, 0) is 4.79 Å². The molecule has 1 fully saturated rings. The second-order valence-corrected chi connectivity index (χ2v) is 10.7. The number of ether oxygens (including phenoxy) is 1. The number of amidine groups is 1. The van der Waals surface area contributed by atoms with Crippen molar-refractivity contribution in [1.29, 1.82) is 0 Å². The minimum atomic E-state index is -4.75. The summed E-state index contributed by atoms with van der Waals surface area (Å²) in [6.07, 6.45) is -1.62. The lowest BCUT2D eigenvalue weighted by atomic mass is 10.0. The van der Waals surface area contributed by atoms with E-state index >= 15 is 0 Å². The molecule has 0 spiro atoms. The van der Waals surface area contributed by atoms with Crippen molar-refractivity contribution in [3.8, 4) is 11.4 Å². The predicted molar refractivity (Wildman–Crippen MR) is 158 cm³/mol. The molecule has 12 heteroatoms. The van der Waals surface area contributed by atoms with Crippen molar-refractivity contribution in [2.75, 3.05) is 5.75 Å². The number of imidazole rings is 1. The number of pyridine rings is 1. The van der Waals surface area contributed by atoms with Crippen molar-refractivity contribution in [3.63, 3.8) is 0 Å². The molecule has 0 N–H and O–H groups in total. The fraction of sp³-hybridized carbons (Fsp3) is 0.167. The minimum absolute atomic E-state index is 0.164. The second kappa shape index (κ2) is 10.9. The van der Waals surface area contributed by atoms with Gasteiger partial charge in [-0.25, -0.2) is 15.0 Å². The SMILES string of the molecule is CC(C)c1ccccc1N=C1SCC(=O)N1/N=C\c1ccc2c(ccc3c2ncn3-c2ccc(OC(F)(F)F)cc2)n1. The lowest BCUT2D eigenvalue weighted by Crippen LogP contribution is -2.24. The summed E-state index contributed by atoms with van der Waals surface area (Å²) in [5, 5.41) is 7.02. The van der Waals surface area contributed by atoms with E-state index in [4.69, 9.17) is 4.99 Å². The third-order valence-corrected chi connectivity index (χ3v) is 7.49. The van der Waals surface area contributed by atoms with Crippen LogP contribution in [0.3, 0.4) is 0 Å². The summed E-state index contributed by atoms with van der Waals surface area (Å²) in [5.74, 6) is 0.0717. The number of para-hydroxylation sites is 1. The first-order valence-corrected chi connectivity index (χ1v) is 14.0. The average molecular weight is 589 g/mol. The number of amides is 1. The van der Waals surface area contributed by atoms with Gasteiger partial charge in [0.1, 0.15) is 12.1 Å². The van der Waals surface area contributed by atoms with Crippen molar-refractivity contribution >= 4 is 56.7 Å². The maximum absolute atomic E-state index is 12.6. The van der Waals surface area contributed by atoms with Gasteiger partial charge in [0.25, 0.3) is 5.91 Å². The molecule has 1 amide bonds. The van der Waals surface area contributed by atoms with Crippen LogP contribution in [0.2, 0.25) is 0 Å². The van der Waals surface area contributed by atoms with Gasteiger partial charge < -0.3 is 4.74 Å². The van der Waals surface area contributed by atoms with Crippen LogP contribution in [-0.4, -0.2) is 48.9 Å². The molecule has 5 aromatic rings. The Labute approximate surface area is 242 Å². The Morgan fingerprint density at radius 3 is 2.57 bits per heavy atom. The number of nitrogens with zero attached hydrogens (tertiary/aromatic N) is 6. The van der Waals surface area contributed by atoms with E-state index in [2.05, 4.69) is 33.7 Å². The van der Waals surface area contributed by atoms with E-state index in [9.17, 15) is 18.0 Å². The standard InChI is InChI=1S/C30H23F3N6O2S/c1-18(2)22-5-3-4-6-24(22)37-29-39(27(40)16-42-29)35-15-19-7-12-23-25(36-19)13-14-26-28(23)34-17-38(26)20-8-10-21(11-9-20)41-30(31,32)33/h3-15,17-18H,16H2,1-2H3/b35-15-,37-29?. The summed E-state index contributed by atoms with van der Waals surface area (Å²) in [7, 11) is 0. The van der Waals surface area contributed by atoms with Gasteiger partial charge in [-0.15, -0.1) is 13.2 Å². The molecule has 1 saturated heterocycles. The second-order valence-electron chi connectivity index (χ2n) is 9.74. The smallest absolute Gasteiger partial charge is 0.406 e. The maximum Gasteiger partial charge on any atom is 0.573 e. The van der Waals surface area contributed by atoms with Crippen molar-refractivity contribution < 1.29 is 22.7 Å². The first kappa shape index (κ1) is 27.5. The van der Waals surface area contributed by atoms with E-state index in [-0.39, 0.29) is 23.3 Å². The van der Waals surface area contributed by atoms with E-state index in [1.807, 2.05) is 42.5 Å². The number of alkyl halides is 3. The highest BCUT2D eigenvalue weighted by Gasteiger charge is 2.31. The number of thioether (sulfide) groups is 1. The molecule has 42 heavy (non-hydrogen) atoms. The van der Waals surface area contributed by atoms with Gasteiger partial charge in [-0.05, 0) is 66.1 Å². The third kappa shape index (κ3) is 5.57. The lowest BCUT2D eigenvalue weighted by molar-refractivity contribution is -0.274. The molecule has 1 aliphatic rings. The first-order chi connectivity index (χ1) is 20.2. The van der Waals surface area contributed by atoms with E-state index in [1.54, 1.807) is 17.0 Å².